The Bertz CT molecular complexity index is 1380. The van der Waals surface area contributed by atoms with Crippen LogP contribution in [-0.2, 0) is 5.60 Å². The lowest BCUT2D eigenvalue weighted by Gasteiger charge is -2.31. The molecular weight excluding hydrogens is 452 g/mol. The van der Waals surface area contributed by atoms with E-state index in [0.717, 1.165) is 16.7 Å². The van der Waals surface area contributed by atoms with Crippen LogP contribution in [0.25, 0.3) is 33.6 Å². The van der Waals surface area contributed by atoms with E-state index in [0.29, 0.717) is 28.1 Å². The second-order valence-electron chi connectivity index (χ2n) is 9.40. The van der Waals surface area contributed by atoms with Crippen LogP contribution in [0, 0.1) is 0 Å². The normalized spacial score (nSPS) is 16.0. The van der Waals surface area contributed by atoms with Crippen LogP contribution in [-0.4, -0.2) is 44.9 Å². The molecule has 1 aromatic carbocycles. The summed E-state index contributed by atoms with van der Waals surface area (Å²) in [7, 11) is 0. The van der Waals surface area contributed by atoms with Gasteiger partial charge >= 0.3 is 0 Å². The van der Waals surface area contributed by atoms with Crippen LogP contribution >= 0.6 is 0 Å². The van der Waals surface area contributed by atoms with Gasteiger partial charge in [0.05, 0.1) is 5.69 Å². The fraction of sp³-hybridized carbons (Fsp3) is 0.296. The number of hydrogen-bond donors (Lipinski definition) is 1. The van der Waals surface area contributed by atoms with Crippen molar-refractivity contribution in [1.29, 1.82) is 0 Å². The Kier molecular flexibility index (Phi) is 5.63. The number of amides is 1. The number of rotatable bonds is 4. The zero-order chi connectivity index (χ0) is 24.8. The highest BCUT2D eigenvalue weighted by molar-refractivity contribution is 5.95. The van der Waals surface area contributed by atoms with Crippen molar-refractivity contribution in [2.45, 2.75) is 38.2 Å². The largest absolute Gasteiger partial charge is 0.454 e. The molecule has 1 amide bonds. The highest BCUT2D eigenvalue weighted by atomic mass is 19.3. The van der Waals surface area contributed by atoms with Gasteiger partial charge in [0.1, 0.15) is 16.9 Å². The first kappa shape index (κ1) is 23.1. The van der Waals surface area contributed by atoms with Crippen LogP contribution in [0.4, 0.5) is 8.78 Å². The zero-order valence-electron chi connectivity index (χ0n) is 19.5. The Morgan fingerprint density at radius 1 is 1.00 bits per heavy atom. The molecule has 4 aromatic rings. The number of pyridine rings is 2. The molecule has 0 aliphatic carbocycles. The van der Waals surface area contributed by atoms with E-state index >= 15 is 0 Å². The lowest BCUT2D eigenvalue weighted by molar-refractivity contribution is -0.0494. The van der Waals surface area contributed by atoms with Crippen molar-refractivity contribution >= 4 is 17.0 Å². The van der Waals surface area contributed by atoms with Gasteiger partial charge in [0.25, 0.3) is 11.8 Å². The number of benzene rings is 1. The maximum absolute atomic E-state index is 13.4. The number of fused-ring (bicyclic) bond motifs is 1. The summed E-state index contributed by atoms with van der Waals surface area (Å²) < 4.78 is 33.0. The van der Waals surface area contributed by atoms with Gasteiger partial charge in [-0.1, -0.05) is 12.1 Å². The van der Waals surface area contributed by atoms with Crippen molar-refractivity contribution in [3.05, 3.63) is 72.2 Å². The third-order valence-electron chi connectivity index (χ3n) is 6.31. The number of furan rings is 1. The number of carbonyl (C=O) groups is 1. The van der Waals surface area contributed by atoms with Crippen LogP contribution in [0.1, 0.15) is 42.7 Å². The van der Waals surface area contributed by atoms with Crippen molar-refractivity contribution in [2.75, 3.05) is 13.1 Å². The van der Waals surface area contributed by atoms with Gasteiger partial charge in [-0.15, -0.1) is 0 Å². The van der Waals surface area contributed by atoms with Crippen molar-refractivity contribution in [1.82, 2.24) is 14.9 Å². The maximum Gasteiger partial charge on any atom is 0.253 e. The van der Waals surface area contributed by atoms with Gasteiger partial charge in [-0.2, -0.15) is 0 Å². The quantitative estimate of drug-likeness (QED) is 0.411. The molecular formula is C27H25F2N3O3. The second-order valence-corrected chi connectivity index (χ2v) is 9.40. The Hall–Kier alpha value is -3.65. The molecule has 180 valence electrons. The van der Waals surface area contributed by atoms with Crippen LogP contribution < -0.4 is 0 Å². The van der Waals surface area contributed by atoms with E-state index in [2.05, 4.69) is 9.97 Å². The van der Waals surface area contributed by atoms with E-state index in [1.54, 1.807) is 50.5 Å². The van der Waals surface area contributed by atoms with E-state index in [1.807, 2.05) is 24.3 Å². The molecule has 1 aliphatic rings. The summed E-state index contributed by atoms with van der Waals surface area (Å²) in [5.74, 6) is -2.35. The number of carbonyl (C=O) groups excluding carboxylic acids is 1. The molecule has 0 radical (unpaired) electrons. The van der Waals surface area contributed by atoms with Crippen molar-refractivity contribution in [2.24, 2.45) is 0 Å². The molecule has 0 bridgehead atoms. The van der Waals surface area contributed by atoms with E-state index < -0.39 is 11.5 Å². The Morgan fingerprint density at radius 3 is 2.37 bits per heavy atom. The molecule has 5 rings (SSSR count). The van der Waals surface area contributed by atoms with Gasteiger partial charge in [-0.3, -0.25) is 14.8 Å². The zero-order valence-corrected chi connectivity index (χ0v) is 19.5. The minimum absolute atomic E-state index is 0.0514. The molecule has 35 heavy (non-hydrogen) atoms. The minimum atomic E-state index is -2.69. The van der Waals surface area contributed by atoms with E-state index in [4.69, 9.17) is 4.42 Å². The fourth-order valence-electron chi connectivity index (χ4n) is 4.24. The summed E-state index contributed by atoms with van der Waals surface area (Å²) in [6, 6.07) is 14.3. The number of halogens is 2. The number of alkyl halides is 2. The number of aromatic nitrogens is 2. The summed E-state index contributed by atoms with van der Waals surface area (Å²) >= 11 is 0. The molecule has 1 saturated heterocycles. The van der Waals surface area contributed by atoms with Crippen molar-refractivity contribution in [3.63, 3.8) is 0 Å². The van der Waals surface area contributed by atoms with Gasteiger partial charge < -0.3 is 14.4 Å². The Morgan fingerprint density at radius 2 is 1.69 bits per heavy atom. The molecule has 0 atom stereocenters. The predicted molar refractivity (Wildman–Crippen MR) is 128 cm³/mol. The van der Waals surface area contributed by atoms with Gasteiger partial charge in [0.15, 0.2) is 5.58 Å². The van der Waals surface area contributed by atoms with Crippen LogP contribution in [0.5, 0.6) is 0 Å². The number of nitrogens with zero attached hydrogens (tertiary/aromatic N) is 3. The molecule has 0 saturated carbocycles. The highest BCUT2D eigenvalue weighted by Gasteiger charge is 2.35. The molecule has 1 N–H and O–H groups in total. The number of hydrogen-bond acceptors (Lipinski definition) is 5. The van der Waals surface area contributed by atoms with Crippen molar-refractivity contribution < 1.29 is 23.1 Å². The standard InChI is InChI=1S/C27H25F2N3O3/c1-26(2,34)23-15-19(7-11-31-23)20-8-12-30-21-16-22(35-24(20)21)17-3-5-18(6-4-17)25(33)32-13-9-27(28,29)10-14-32/h3-8,11-12,15-16,34H,9-10,13-14H2,1-2H3. The molecule has 1 fully saturated rings. The lowest BCUT2D eigenvalue weighted by Crippen LogP contribution is -2.42. The highest BCUT2D eigenvalue weighted by Crippen LogP contribution is 2.35. The molecule has 6 nitrogen and oxygen atoms in total. The third-order valence-corrected chi connectivity index (χ3v) is 6.31. The first-order valence-corrected chi connectivity index (χ1v) is 11.5. The summed E-state index contributed by atoms with van der Waals surface area (Å²) in [6.45, 7) is 3.47. The van der Waals surface area contributed by atoms with E-state index in [-0.39, 0.29) is 31.8 Å². The van der Waals surface area contributed by atoms with Crippen LogP contribution in [0.2, 0.25) is 0 Å². The molecule has 3 aromatic heterocycles. The van der Waals surface area contributed by atoms with E-state index in [9.17, 15) is 18.7 Å². The summed E-state index contributed by atoms with van der Waals surface area (Å²) in [5.41, 5.74) is 3.63. The minimum Gasteiger partial charge on any atom is -0.454 e. The first-order chi connectivity index (χ1) is 16.6. The second kappa shape index (κ2) is 8.53. The predicted octanol–water partition coefficient (Wildman–Crippen LogP) is 5.66. The Balaban J connectivity index is 1.42. The summed E-state index contributed by atoms with van der Waals surface area (Å²) in [4.78, 5) is 22.9. The monoisotopic (exact) mass is 477 g/mol. The third kappa shape index (κ3) is 4.66. The van der Waals surface area contributed by atoms with Gasteiger partial charge in [0, 0.05) is 61.1 Å². The fourth-order valence-corrected chi connectivity index (χ4v) is 4.24. The average molecular weight is 478 g/mol. The van der Waals surface area contributed by atoms with Gasteiger partial charge in [-0.05, 0) is 49.7 Å². The number of aliphatic hydroxyl groups is 1. The smallest absolute Gasteiger partial charge is 0.253 e. The molecule has 0 spiro atoms. The molecule has 0 unspecified atom stereocenters. The topological polar surface area (TPSA) is 79.5 Å². The van der Waals surface area contributed by atoms with Crippen molar-refractivity contribution in [3.8, 4) is 22.5 Å². The number of piperidine rings is 1. The molecule has 8 heteroatoms. The Labute approximate surface area is 201 Å². The van der Waals surface area contributed by atoms with E-state index in [1.165, 1.54) is 4.90 Å². The van der Waals surface area contributed by atoms with Gasteiger partial charge in [0.2, 0.25) is 0 Å². The SMILES string of the molecule is CC(C)(O)c1cc(-c2ccnc3cc(-c4ccc(C(=O)N5CCC(F)(F)CC5)cc4)oc23)ccn1. The first-order valence-electron chi connectivity index (χ1n) is 11.5. The maximum atomic E-state index is 13.4. The lowest BCUT2D eigenvalue weighted by atomic mass is 10.00. The van der Waals surface area contributed by atoms with Crippen LogP contribution in [0.15, 0.2) is 65.3 Å². The van der Waals surface area contributed by atoms with Gasteiger partial charge in [-0.25, -0.2) is 8.78 Å². The summed E-state index contributed by atoms with van der Waals surface area (Å²) in [6.07, 6.45) is 2.74. The molecule has 4 heterocycles. The van der Waals surface area contributed by atoms with Crippen LogP contribution in [0.3, 0.4) is 0 Å². The number of likely N-dealkylation sites (tertiary alicyclic amines) is 1. The molecule has 1 aliphatic heterocycles. The average Bonchev–Trinajstić information content (AvgIpc) is 3.28. The summed E-state index contributed by atoms with van der Waals surface area (Å²) in [5, 5.41) is 10.3.